The fraction of sp³-hybridized carbons (Fsp3) is 0.348. The standard InChI is InChI=1S/C23H22ClN3O3/c24-17-4-1-14(2-5-17)9-21-26-19-11-16(3-8-20(19)30-21)23(29)25-12-15-10-22(28)27(13-15)18-6-7-18/h1-5,8,11,15,18H,6-7,9-10,12-13H2,(H,25,29)/t15-/m1/s1. The van der Waals surface area contributed by atoms with Crippen LogP contribution in [0.5, 0.6) is 0 Å². The molecule has 3 aromatic rings. The molecule has 2 amide bonds. The third kappa shape index (κ3) is 4.05. The molecule has 1 N–H and O–H groups in total. The van der Waals surface area contributed by atoms with Gasteiger partial charge in [0.15, 0.2) is 11.5 Å². The highest BCUT2D eigenvalue weighted by Crippen LogP contribution is 2.32. The molecule has 2 fully saturated rings. The lowest BCUT2D eigenvalue weighted by atomic mass is 10.1. The Bertz CT molecular complexity index is 1100. The van der Waals surface area contributed by atoms with Crippen LogP contribution in [-0.2, 0) is 11.2 Å². The summed E-state index contributed by atoms with van der Waals surface area (Å²) in [6, 6.07) is 13.3. The number of halogens is 1. The predicted molar refractivity (Wildman–Crippen MR) is 113 cm³/mol. The molecular weight excluding hydrogens is 402 g/mol. The first-order chi connectivity index (χ1) is 14.5. The number of rotatable bonds is 6. The van der Waals surface area contributed by atoms with Gasteiger partial charge in [-0.05, 0) is 48.7 Å². The number of hydrogen-bond donors (Lipinski definition) is 1. The highest BCUT2D eigenvalue weighted by Gasteiger charge is 2.39. The Hall–Kier alpha value is -2.86. The van der Waals surface area contributed by atoms with Gasteiger partial charge in [0.2, 0.25) is 5.91 Å². The highest BCUT2D eigenvalue weighted by molar-refractivity contribution is 6.30. The van der Waals surface area contributed by atoms with Crippen LogP contribution < -0.4 is 5.32 Å². The highest BCUT2D eigenvalue weighted by atomic mass is 35.5. The van der Waals surface area contributed by atoms with Gasteiger partial charge >= 0.3 is 0 Å². The smallest absolute Gasteiger partial charge is 0.251 e. The van der Waals surface area contributed by atoms with E-state index in [1.54, 1.807) is 18.2 Å². The zero-order valence-corrected chi connectivity index (χ0v) is 17.2. The van der Waals surface area contributed by atoms with E-state index in [1.807, 2.05) is 29.2 Å². The molecule has 0 unspecified atom stereocenters. The van der Waals surface area contributed by atoms with Gasteiger partial charge in [0.05, 0.1) is 0 Å². The maximum atomic E-state index is 12.6. The number of carbonyl (C=O) groups is 2. The molecular formula is C23H22ClN3O3. The van der Waals surface area contributed by atoms with Crippen molar-refractivity contribution in [3.05, 3.63) is 64.5 Å². The predicted octanol–water partition coefficient (Wildman–Crippen LogP) is 3.81. The summed E-state index contributed by atoms with van der Waals surface area (Å²) in [7, 11) is 0. The summed E-state index contributed by atoms with van der Waals surface area (Å²) in [6.45, 7) is 1.26. The monoisotopic (exact) mass is 423 g/mol. The zero-order chi connectivity index (χ0) is 20.7. The molecule has 0 bridgehead atoms. The van der Waals surface area contributed by atoms with E-state index in [4.69, 9.17) is 16.0 Å². The van der Waals surface area contributed by atoms with Crippen LogP contribution in [0.3, 0.4) is 0 Å². The minimum absolute atomic E-state index is 0.156. The van der Waals surface area contributed by atoms with E-state index < -0.39 is 0 Å². The van der Waals surface area contributed by atoms with E-state index in [9.17, 15) is 9.59 Å². The average molecular weight is 424 g/mol. The third-order valence-corrected chi connectivity index (χ3v) is 5.99. The van der Waals surface area contributed by atoms with Crippen molar-refractivity contribution in [1.82, 2.24) is 15.2 Å². The summed E-state index contributed by atoms with van der Waals surface area (Å²) in [6.07, 6.45) is 3.30. The van der Waals surface area contributed by atoms with E-state index in [0.29, 0.717) is 53.0 Å². The number of benzene rings is 2. The molecule has 1 aliphatic heterocycles. The van der Waals surface area contributed by atoms with Crippen molar-refractivity contribution in [1.29, 1.82) is 0 Å². The first-order valence-corrected chi connectivity index (χ1v) is 10.6. The van der Waals surface area contributed by atoms with Crippen molar-refractivity contribution in [2.75, 3.05) is 13.1 Å². The molecule has 1 saturated heterocycles. The van der Waals surface area contributed by atoms with Crippen LogP contribution in [0.25, 0.3) is 11.1 Å². The van der Waals surface area contributed by atoms with Crippen molar-refractivity contribution in [2.24, 2.45) is 5.92 Å². The number of amides is 2. The molecule has 2 heterocycles. The first-order valence-electron chi connectivity index (χ1n) is 10.3. The van der Waals surface area contributed by atoms with Crippen LogP contribution in [-0.4, -0.2) is 40.8 Å². The minimum atomic E-state index is -0.156. The van der Waals surface area contributed by atoms with Gasteiger partial charge < -0.3 is 14.6 Å². The number of likely N-dealkylation sites (tertiary alicyclic amines) is 1. The number of nitrogens with one attached hydrogen (secondary N) is 1. The van der Waals surface area contributed by atoms with Gasteiger partial charge in [-0.15, -0.1) is 0 Å². The molecule has 1 atom stereocenters. The average Bonchev–Trinajstić information content (AvgIpc) is 3.39. The Morgan fingerprint density at radius 1 is 1.20 bits per heavy atom. The maximum Gasteiger partial charge on any atom is 0.251 e. The molecule has 2 aliphatic rings. The van der Waals surface area contributed by atoms with E-state index >= 15 is 0 Å². The topological polar surface area (TPSA) is 75.4 Å². The molecule has 1 aliphatic carbocycles. The number of carbonyl (C=O) groups excluding carboxylic acids is 2. The van der Waals surface area contributed by atoms with Crippen molar-refractivity contribution in [3.8, 4) is 0 Å². The van der Waals surface area contributed by atoms with Crippen LogP contribution in [0.1, 0.15) is 41.1 Å². The Kier molecular flexibility index (Phi) is 4.95. The molecule has 7 heteroatoms. The number of nitrogens with zero attached hydrogens (tertiary/aromatic N) is 2. The summed E-state index contributed by atoms with van der Waals surface area (Å²) in [5.41, 5.74) is 2.90. The molecule has 5 rings (SSSR count). The summed E-state index contributed by atoms with van der Waals surface area (Å²) >= 11 is 5.93. The van der Waals surface area contributed by atoms with Crippen LogP contribution in [0.4, 0.5) is 0 Å². The molecule has 2 aromatic carbocycles. The van der Waals surface area contributed by atoms with Crippen molar-refractivity contribution in [2.45, 2.75) is 31.7 Å². The number of oxazole rings is 1. The Morgan fingerprint density at radius 2 is 2.00 bits per heavy atom. The second-order valence-electron chi connectivity index (χ2n) is 8.15. The number of aromatic nitrogens is 1. The van der Waals surface area contributed by atoms with Gasteiger partial charge in [-0.25, -0.2) is 4.98 Å². The summed E-state index contributed by atoms with van der Waals surface area (Å²) < 4.78 is 5.81. The fourth-order valence-electron chi connectivity index (χ4n) is 3.99. The normalized spacial score (nSPS) is 18.9. The maximum absolute atomic E-state index is 12.6. The second-order valence-corrected chi connectivity index (χ2v) is 8.59. The lowest BCUT2D eigenvalue weighted by Crippen LogP contribution is -2.32. The number of hydrogen-bond acceptors (Lipinski definition) is 4. The second kappa shape index (κ2) is 7.76. The van der Waals surface area contributed by atoms with Gasteiger partial charge in [-0.2, -0.15) is 0 Å². The molecule has 30 heavy (non-hydrogen) atoms. The Labute approximate surface area is 179 Å². The van der Waals surface area contributed by atoms with Crippen LogP contribution in [0.2, 0.25) is 5.02 Å². The van der Waals surface area contributed by atoms with Gasteiger partial charge in [-0.1, -0.05) is 23.7 Å². The largest absolute Gasteiger partial charge is 0.440 e. The zero-order valence-electron chi connectivity index (χ0n) is 16.4. The van der Waals surface area contributed by atoms with Gasteiger partial charge in [-0.3, -0.25) is 9.59 Å². The lowest BCUT2D eigenvalue weighted by Gasteiger charge is -2.15. The molecule has 154 valence electrons. The van der Waals surface area contributed by atoms with Crippen LogP contribution in [0.15, 0.2) is 46.9 Å². The van der Waals surface area contributed by atoms with Crippen LogP contribution in [0, 0.1) is 5.92 Å². The van der Waals surface area contributed by atoms with E-state index in [2.05, 4.69) is 10.3 Å². The molecule has 1 aromatic heterocycles. The SMILES string of the molecule is O=C(NC[C@H]1CC(=O)N(C2CC2)C1)c1ccc2oc(Cc3ccc(Cl)cc3)nc2c1. The molecule has 6 nitrogen and oxygen atoms in total. The van der Waals surface area contributed by atoms with E-state index in [0.717, 1.165) is 24.9 Å². The Morgan fingerprint density at radius 3 is 2.77 bits per heavy atom. The molecule has 0 radical (unpaired) electrons. The van der Waals surface area contributed by atoms with Crippen molar-refractivity contribution >= 4 is 34.5 Å². The number of fused-ring (bicyclic) bond motifs is 1. The van der Waals surface area contributed by atoms with Crippen LogP contribution >= 0.6 is 11.6 Å². The third-order valence-electron chi connectivity index (χ3n) is 5.74. The van der Waals surface area contributed by atoms with Gasteiger partial charge in [0.25, 0.3) is 5.91 Å². The summed E-state index contributed by atoms with van der Waals surface area (Å²) in [5, 5.41) is 3.66. The summed E-state index contributed by atoms with van der Waals surface area (Å²) in [5.74, 6) is 0.837. The van der Waals surface area contributed by atoms with Gasteiger partial charge in [0, 0.05) is 48.5 Å². The van der Waals surface area contributed by atoms with E-state index in [1.165, 1.54) is 0 Å². The van der Waals surface area contributed by atoms with Crippen molar-refractivity contribution in [3.63, 3.8) is 0 Å². The lowest BCUT2D eigenvalue weighted by molar-refractivity contribution is -0.128. The van der Waals surface area contributed by atoms with Gasteiger partial charge in [0.1, 0.15) is 5.52 Å². The van der Waals surface area contributed by atoms with Crippen molar-refractivity contribution < 1.29 is 14.0 Å². The van der Waals surface area contributed by atoms with E-state index in [-0.39, 0.29) is 17.7 Å². The molecule has 1 saturated carbocycles. The summed E-state index contributed by atoms with van der Waals surface area (Å²) in [4.78, 5) is 31.2. The molecule has 0 spiro atoms. The minimum Gasteiger partial charge on any atom is -0.440 e. The fourth-order valence-corrected chi connectivity index (χ4v) is 4.12. The first kappa shape index (κ1) is 19.1. The quantitative estimate of drug-likeness (QED) is 0.654. The Balaban J connectivity index is 1.22.